The molecule has 0 bridgehead atoms. The van der Waals surface area contributed by atoms with Crippen LogP contribution in [0, 0.1) is 10.1 Å². The molecule has 1 heterocycles. The summed E-state index contributed by atoms with van der Waals surface area (Å²) in [5.74, 6) is 5.84. The van der Waals surface area contributed by atoms with Gasteiger partial charge in [0.15, 0.2) is 5.75 Å². The molecule has 7 nitrogen and oxygen atoms in total. The molecule has 3 N–H and O–H groups in total. The molecule has 0 fully saturated rings. The second kappa shape index (κ2) is 6.18. The number of nitro groups is 1. The molecule has 0 amide bonds. The van der Waals surface area contributed by atoms with Crippen molar-refractivity contribution in [1.29, 1.82) is 0 Å². The lowest BCUT2D eigenvalue weighted by molar-refractivity contribution is -0.385. The van der Waals surface area contributed by atoms with Crippen LogP contribution in [0.1, 0.15) is 5.56 Å². The van der Waals surface area contributed by atoms with Crippen molar-refractivity contribution in [2.75, 3.05) is 5.43 Å². The molecule has 0 radical (unpaired) electrons. The van der Waals surface area contributed by atoms with Crippen LogP contribution in [0.4, 0.5) is 11.5 Å². The van der Waals surface area contributed by atoms with Gasteiger partial charge in [0, 0.05) is 23.4 Å². The van der Waals surface area contributed by atoms with E-state index in [1.54, 1.807) is 18.3 Å². The Kier molecular flexibility index (Phi) is 4.34. The summed E-state index contributed by atoms with van der Waals surface area (Å²) < 4.78 is 5.44. The lowest BCUT2D eigenvalue weighted by Crippen LogP contribution is -2.09. The van der Waals surface area contributed by atoms with Crippen molar-refractivity contribution in [3.8, 4) is 5.75 Å². The number of nitrogens with one attached hydrogen (secondary N) is 1. The fraction of sp³-hybridized carbons (Fsp3) is 0.0833. The quantitative estimate of drug-likeness (QED) is 0.499. The molecule has 0 aliphatic heterocycles. The lowest BCUT2D eigenvalue weighted by Gasteiger charge is -2.08. The van der Waals surface area contributed by atoms with Crippen molar-refractivity contribution < 1.29 is 9.66 Å². The molecule has 8 heteroatoms. The van der Waals surface area contributed by atoms with Crippen molar-refractivity contribution in [1.82, 2.24) is 4.98 Å². The molecule has 0 spiro atoms. The molecule has 0 aliphatic carbocycles. The normalized spacial score (nSPS) is 10.1. The average Bonchev–Trinajstić information content (AvgIpc) is 2.45. The number of hydrogen-bond acceptors (Lipinski definition) is 6. The van der Waals surface area contributed by atoms with Gasteiger partial charge in [0.25, 0.3) is 0 Å². The summed E-state index contributed by atoms with van der Waals surface area (Å²) in [6.45, 7) is 0.137. The topological polar surface area (TPSA) is 103 Å². The van der Waals surface area contributed by atoms with Crippen molar-refractivity contribution in [3.05, 3.63) is 57.2 Å². The first-order valence-electron chi connectivity index (χ1n) is 5.58. The Labute approximate surface area is 119 Å². The minimum absolute atomic E-state index is 0.113. The fourth-order valence-electron chi connectivity index (χ4n) is 1.56. The molecule has 0 saturated carbocycles. The Morgan fingerprint density at radius 2 is 2.20 bits per heavy atom. The number of nitrogens with two attached hydrogens (primary N) is 1. The van der Waals surface area contributed by atoms with Gasteiger partial charge in [0.1, 0.15) is 12.4 Å². The van der Waals surface area contributed by atoms with Gasteiger partial charge in [-0.1, -0.05) is 11.6 Å². The number of nitrogen functional groups attached to an aromatic ring is 1. The van der Waals surface area contributed by atoms with Crippen LogP contribution in [0.15, 0.2) is 36.5 Å². The summed E-state index contributed by atoms with van der Waals surface area (Å²) in [7, 11) is 0. The molecule has 1 aromatic heterocycles. The van der Waals surface area contributed by atoms with E-state index in [0.717, 1.165) is 5.56 Å². The number of pyridine rings is 1. The second-order valence-corrected chi connectivity index (χ2v) is 4.29. The van der Waals surface area contributed by atoms with Crippen molar-refractivity contribution in [2.45, 2.75) is 6.61 Å². The van der Waals surface area contributed by atoms with Crippen LogP contribution in [0.2, 0.25) is 5.02 Å². The standard InChI is InChI=1S/C12H11ClN4O3/c13-9-1-2-10(17(18)19)11(6-9)20-7-8-3-4-15-12(5-8)16-14/h1-6H,7,14H2,(H,15,16). The third-order valence-electron chi connectivity index (χ3n) is 2.49. The molecular weight excluding hydrogens is 284 g/mol. The second-order valence-electron chi connectivity index (χ2n) is 3.85. The molecule has 0 saturated heterocycles. The highest BCUT2D eigenvalue weighted by atomic mass is 35.5. The van der Waals surface area contributed by atoms with E-state index < -0.39 is 4.92 Å². The first kappa shape index (κ1) is 14.0. The molecule has 2 aromatic rings. The average molecular weight is 295 g/mol. The number of anilines is 1. The summed E-state index contributed by atoms with van der Waals surface area (Å²) >= 11 is 5.81. The molecule has 0 unspecified atom stereocenters. The molecule has 104 valence electrons. The fourth-order valence-corrected chi connectivity index (χ4v) is 1.72. The minimum atomic E-state index is -0.523. The minimum Gasteiger partial charge on any atom is -0.482 e. The Morgan fingerprint density at radius 1 is 1.40 bits per heavy atom. The van der Waals surface area contributed by atoms with E-state index in [2.05, 4.69) is 10.4 Å². The first-order valence-corrected chi connectivity index (χ1v) is 5.96. The van der Waals surface area contributed by atoms with E-state index >= 15 is 0 Å². The number of nitrogens with zero attached hydrogens (tertiary/aromatic N) is 2. The smallest absolute Gasteiger partial charge is 0.311 e. The van der Waals surface area contributed by atoms with Crippen LogP contribution >= 0.6 is 11.6 Å². The third-order valence-corrected chi connectivity index (χ3v) is 2.72. The van der Waals surface area contributed by atoms with Crippen molar-refractivity contribution in [2.24, 2.45) is 5.84 Å². The van der Waals surface area contributed by atoms with Gasteiger partial charge < -0.3 is 10.2 Å². The molecule has 1 aromatic carbocycles. The number of halogens is 1. The van der Waals surface area contributed by atoms with Crippen LogP contribution in [0.25, 0.3) is 0 Å². The number of benzene rings is 1. The number of aromatic nitrogens is 1. The summed E-state index contributed by atoms with van der Waals surface area (Å²) in [5.41, 5.74) is 3.04. The highest BCUT2D eigenvalue weighted by Crippen LogP contribution is 2.30. The zero-order valence-corrected chi connectivity index (χ0v) is 11.0. The maximum Gasteiger partial charge on any atom is 0.311 e. The van der Waals surface area contributed by atoms with E-state index in [4.69, 9.17) is 22.2 Å². The zero-order chi connectivity index (χ0) is 14.5. The van der Waals surface area contributed by atoms with E-state index in [9.17, 15) is 10.1 Å². The van der Waals surface area contributed by atoms with E-state index in [1.165, 1.54) is 18.2 Å². The maximum absolute atomic E-state index is 10.9. The van der Waals surface area contributed by atoms with Crippen LogP contribution in [-0.2, 0) is 6.61 Å². The van der Waals surface area contributed by atoms with Gasteiger partial charge in [-0.25, -0.2) is 10.8 Å². The van der Waals surface area contributed by atoms with Gasteiger partial charge in [0.05, 0.1) is 4.92 Å². The Balaban J connectivity index is 2.17. The maximum atomic E-state index is 10.9. The van der Waals surface area contributed by atoms with Gasteiger partial charge in [-0.3, -0.25) is 10.1 Å². The summed E-state index contributed by atoms with van der Waals surface area (Å²) in [4.78, 5) is 14.3. The van der Waals surface area contributed by atoms with E-state index in [1.807, 2.05) is 0 Å². The van der Waals surface area contributed by atoms with Gasteiger partial charge in [-0.2, -0.15) is 0 Å². The van der Waals surface area contributed by atoms with Gasteiger partial charge >= 0.3 is 5.69 Å². The summed E-state index contributed by atoms with van der Waals surface area (Å²) in [5, 5.41) is 11.3. The Bertz CT molecular complexity index is 636. The number of hydrazine groups is 1. The zero-order valence-electron chi connectivity index (χ0n) is 10.2. The van der Waals surface area contributed by atoms with Crippen molar-refractivity contribution in [3.63, 3.8) is 0 Å². The largest absolute Gasteiger partial charge is 0.482 e. The lowest BCUT2D eigenvalue weighted by atomic mass is 10.2. The highest BCUT2D eigenvalue weighted by Gasteiger charge is 2.15. The molecule has 0 aliphatic rings. The highest BCUT2D eigenvalue weighted by molar-refractivity contribution is 6.30. The Morgan fingerprint density at radius 3 is 2.90 bits per heavy atom. The van der Waals surface area contributed by atoms with Crippen LogP contribution in [-0.4, -0.2) is 9.91 Å². The van der Waals surface area contributed by atoms with Crippen LogP contribution in [0.3, 0.4) is 0 Å². The molecule has 20 heavy (non-hydrogen) atoms. The number of hydrogen-bond donors (Lipinski definition) is 2. The first-order chi connectivity index (χ1) is 9.60. The van der Waals surface area contributed by atoms with E-state index in [0.29, 0.717) is 10.8 Å². The van der Waals surface area contributed by atoms with Gasteiger partial charge in [-0.15, -0.1) is 0 Å². The van der Waals surface area contributed by atoms with E-state index in [-0.39, 0.29) is 18.0 Å². The monoisotopic (exact) mass is 294 g/mol. The van der Waals surface area contributed by atoms with Crippen LogP contribution < -0.4 is 16.0 Å². The predicted octanol–water partition coefficient (Wildman–Crippen LogP) is 2.51. The predicted molar refractivity (Wildman–Crippen MR) is 74.5 cm³/mol. The SMILES string of the molecule is NNc1cc(COc2cc(Cl)ccc2[N+](=O)[O-])ccn1. The number of nitro benzene ring substituents is 1. The summed E-state index contributed by atoms with van der Waals surface area (Å²) in [6.07, 6.45) is 1.56. The third kappa shape index (κ3) is 3.34. The molecule has 0 atom stereocenters. The molecular formula is C12H11ClN4O3. The number of rotatable bonds is 5. The summed E-state index contributed by atoms with van der Waals surface area (Å²) in [6, 6.07) is 7.54. The van der Waals surface area contributed by atoms with Crippen molar-refractivity contribution >= 4 is 23.1 Å². The molecule has 2 rings (SSSR count). The van der Waals surface area contributed by atoms with Gasteiger partial charge in [0.2, 0.25) is 0 Å². The number of ether oxygens (including phenoxy) is 1. The van der Waals surface area contributed by atoms with Gasteiger partial charge in [-0.05, 0) is 23.8 Å². The Hall–Kier alpha value is -2.38. The van der Waals surface area contributed by atoms with Crippen LogP contribution in [0.5, 0.6) is 5.75 Å².